The predicted molar refractivity (Wildman–Crippen MR) is 120 cm³/mol. The molecule has 1 heterocycles. The SMILES string of the molecule is CCCCCCCCCCCCCCCCCCC(O)CN1CCN=C1C. The minimum atomic E-state index is -0.181. The maximum absolute atomic E-state index is 10.1. The van der Waals surface area contributed by atoms with E-state index in [1.807, 2.05) is 6.92 Å². The zero-order chi connectivity index (χ0) is 19.6. The summed E-state index contributed by atoms with van der Waals surface area (Å²) in [5.74, 6) is 1.10. The number of hydrogen-bond acceptors (Lipinski definition) is 3. The first-order valence-electron chi connectivity index (χ1n) is 12.2. The second-order valence-corrected chi connectivity index (χ2v) is 8.62. The first-order chi connectivity index (χ1) is 13.2. The van der Waals surface area contributed by atoms with Crippen LogP contribution in [0.3, 0.4) is 0 Å². The lowest BCUT2D eigenvalue weighted by Gasteiger charge is -2.21. The molecule has 0 amide bonds. The zero-order valence-corrected chi connectivity index (χ0v) is 18.6. The van der Waals surface area contributed by atoms with Crippen molar-refractivity contribution in [3.05, 3.63) is 0 Å². The molecule has 0 aromatic rings. The zero-order valence-electron chi connectivity index (χ0n) is 18.6. The highest BCUT2D eigenvalue weighted by molar-refractivity contribution is 5.81. The number of nitrogens with zero attached hydrogens (tertiary/aromatic N) is 2. The minimum absolute atomic E-state index is 0.181. The molecule has 0 radical (unpaired) electrons. The number of aliphatic hydroxyl groups excluding tert-OH is 1. The van der Waals surface area contributed by atoms with Crippen molar-refractivity contribution in [1.82, 2.24) is 4.90 Å². The van der Waals surface area contributed by atoms with Gasteiger partial charge in [-0.15, -0.1) is 0 Å². The second kappa shape index (κ2) is 17.5. The molecule has 27 heavy (non-hydrogen) atoms. The van der Waals surface area contributed by atoms with Gasteiger partial charge < -0.3 is 10.0 Å². The molecular weight excluding hydrogens is 332 g/mol. The maximum Gasteiger partial charge on any atom is 0.0959 e. The summed E-state index contributed by atoms with van der Waals surface area (Å²) >= 11 is 0. The van der Waals surface area contributed by atoms with Crippen LogP contribution < -0.4 is 0 Å². The molecule has 0 bridgehead atoms. The van der Waals surface area contributed by atoms with Crippen LogP contribution in [-0.2, 0) is 0 Å². The molecule has 0 aromatic carbocycles. The molecule has 0 saturated carbocycles. The molecule has 3 nitrogen and oxygen atoms in total. The average molecular weight is 381 g/mol. The van der Waals surface area contributed by atoms with Gasteiger partial charge >= 0.3 is 0 Å². The van der Waals surface area contributed by atoms with Crippen molar-refractivity contribution >= 4 is 5.84 Å². The van der Waals surface area contributed by atoms with Gasteiger partial charge in [-0.25, -0.2) is 0 Å². The average Bonchev–Trinajstić information content (AvgIpc) is 3.06. The monoisotopic (exact) mass is 380 g/mol. The van der Waals surface area contributed by atoms with Crippen LogP contribution in [-0.4, -0.2) is 41.6 Å². The molecule has 1 rings (SSSR count). The third-order valence-corrected chi connectivity index (χ3v) is 5.99. The Bertz CT molecular complexity index is 356. The Labute approximate surface area is 170 Å². The number of amidine groups is 1. The number of aliphatic hydroxyl groups is 1. The van der Waals surface area contributed by atoms with Gasteiger partial charge in [0, 0.05) is 13.1 Å². The fourth-order valence-corrected chi connectivity index (χ4v) is 4.09. The summed E-state index contributed by atoms with van der Waals surface area (Å²) in [6, 6.07) is 0. The minimum Gasteiger partial charge on any atom is -0.391 e. The highest BCUT2D eigenvalue weighted by atomic mass is 16.3. The van der Waals surface area contributed by atoms with E-state index in [0.717, 1.165) is 31.9 Å². The van der Waals surface area contributed by atoms with Gasteiger partial charge in [0.2, 0.25) is 0 Å². The quantitative estimate of drug-likeness (QED) is 0.252. The van der Waals surface area contributed by atoms with Gasteiger partial charge in [-0.2, -0.15) is 0 Å². The molecule has 1 unspecified atom stereocenters. The molecule has 160 valence electrons. The van der Waals surface area contributed by atoms with E-state index < -0.39 is 0 Å². The third-order valence-electron chi connectivity index (χ3n) is 5.99. The van der Waals surface area contributed by atoms with E-state index in [1.165, 1.54) is 103 Å². The standard InChI is InChI=1S/C24H48N2O/c1-3-4-5-6-7-8-9-10-11-12-13-14-15-16-17-18-19-24(27)22-26-21-20-25-23(26)2/h24,27H,3-22H2,1-2H3. The first-order valence-corrected chi connectivity index (χ1v) is 12.2. The van der Waals surface area contributed by atoms with Crippen LogP contribution in [0.25, 0.3) is 0 Å². The van der Waals surface area contributed by atoms with E-state index >= 15 is 0 Å². The van der Waals surface area contributed by atoms with Crippen LogP contribution in [0.5, 0.6) is 0 Å². The fourth-order valence-electron chi connectivity index (χ4n) is 4.09. The van der Waals surface area contributed by atoms with Crippen LogP contribution in [0.15, 0.2) is 4.99 Å². The maximum atomic E-state index is 10.1. The normalized spacial score (nSPS) is 15.4. The number of hydrogen-bond donors (Lipinski definition) is 1. The first kappa shape index (κ1) is 24.5. The Morgan fingerprint density at radius 2 is 1.22 bits per heavy atom. The van der Waals surface area contributed by atoms with Crippen molar-refractivity contribution in [1.29, 1.82) is 0 Å². The van der Waals surface area contributed by atoms with Crippen LogP contribution in [0, 0.1) is 0 Å². The Morgan fingerprint density at radius 1 is 0.778 bits per heavy atom. The summed E-state index contributed by atoms with van der Waals surface area (Å²) in [6.07, 6.45) is 23.2. The lowest BCUT2D eigenvalue weighted by molar-refractivity contribution is 0.133. The van der Waals surface area contributed by atoms with E-state index in [-0.39, 0.29) is 6.10 Å². The van der Waals surface area contributed by atoms with Crippen LogP contribution in [0.4, 0.5) is 0 Å². The molecule has 3 heteroatoms. The Kier molecular flexibility index (Phi) is 15.9. The van der Waals surface area contributed by atoms with Crippen molar-refractivity contribution in [3.8, 4) is 0 Å². The predicted octanol–water partition coefficient (Wildman–Crippen LogP) is 6.73. The fraction of sp³-hybridized carbons (Fsp3) is 0.958. The Hall–Kier alpha value is -0.570. The summed E-state index contributed by atoms with van der Waals surface area (Å²) in [5, 5.41) is 10.1. The van der Waals surface area contributed by atoms with Crippen LogP contribution in [0.1, 0.15) is 123 Å². The highest BCUT2D eigenvalue weighted by Crippen LogP contribution is 2.14. The van der Waals surface area contributed by atoms with Gasteiger partial charge in [-0.3, -0.25) is 4.99 Å². The van der Waals surface area contributed by atoms with E-state index in [4.69, 9.17) is 0 Å². The van der Waals surface area contributed by atoms with Gasteiger partial charge in [0.25, 0.3) is 0 Å². The van der Waals surface area contributed by atoms with E-state index in [0.29, 0.717) is 0 Å². The lowest BCUT2D eigenvalue weighted by Crippen LogP contribution is -2.33. The number of unbranched alkanes of at least 4 members (excludes halogenated alkanes) is 15. The van der Waals surface area contributed by atoms with Crippen molar-refractivity contribution < 1.29 is 5.11 Å². The molecule has 0 fully saturated rings. The molecule has 0 aromatic heterocycles. The number of β-amino-alcohol motifs (C(OH)–C–C–N with tert-alkyl or cyclic N) is 1. The van der Waals surface area contributed by atoms with Crippen molar-refractivity contribution in [2.75, 3.05) is 19.6 Å². The lowest BCUT2D eigenvalue weighted by atomic mass is 10.0. The van der Waals surface area contributed by atoms with E-state index in [9.17, 15) is 5.11 Å². The van der Waals surface area contributed by atoms with Crippen molar-refractivity contribution in [3.63, 3.8) is 0 Å². The smallest absolute Gasteiger partial charge is 0.0959 e. The van der Waals surface area contributed by atoms with Crippen molar-refractivity contribution in [2.45, 2.75) is 129 Å². The summed E-state index contributed by atoms with van der Waals surface area (Å²) in [6.45, 7) is 7.00. The largest absolute Gasteiger partial charge is 0.391 e. The summed E-state index contributed by atoms with van der Waals surface area (Å²) in [4.78, 5) is 6.60. The van der Waals surface area contributed by atoms with Gasteiger partial charge in [0.05, 0.1) is 18.5 Å². The van der Waals surface area contributed by atoms with Gasteiger partial charge in [-0.05, 0) is 13.3 Å². The van der Waals surface area contributed by atoms with E-state index in [1.54, 1.807) is 0 Å². The summed E-state index contributed by atoms with van der Waals surface area (Å²) < 4.78 is 0. The second-order valence-electron chi connectivity index (χ2n) is 8.62. The van der Waals surface area contributed by atoms with E-state index in [2.05, 4.69) is 16.8 Å². The summed E-state index contributed by atoms with van der Waals surface area (Å²) in [5.41, 5.74) is 0. The van der Waals surface area contributed by atoms with Gasteiger partial charge in [0.15, 0.2) is 0 Å². The van der Waals surface area contributed by atoms with Crippen molar-refractivity contribution in [2.24, 2.45) is 4.99 Å². The molecule has 1 aliphatic heterocycles. The number of rotatable bonds is 19. The molecule has 0 spiro atoms. The molecule has 0 saturated heterocycles. The Morgan fingerprint density at radius 3 is 1.63 bits per heavy atom. The van der Waals surface area contributed by atoms with Gasteiger partial charge in [0.1, 0.15) is 0 Å². The number of aliphatic imine (C=N–C) groups is 1. The Balaban J connectivity index is 1.73. The van der Waals surface area contributed by atoms with Crippen LogP contribution >= 0.6 is 0 Å². The molecule has 1 aliphatic rings. The highest BCUT2D eigenvalue weighted by Gasteiger charge is 2.16. The topological polar surface area (TPSA) is 35.8 Å². The van der Waals surface area contributed by atoms with Crippen LogP contribution in [0.2, 0.25) is 0 Å². The molecule has 0 aliphatic carbocycles. The molecule has 1 atom stereocenters. The third kappa shape index (κ3) is 14.1. The molecular formula is C24H48N2O. The van der Waals surface area contributed by atoms with Gasteiger partial charge in [-0.1, -0.05) is 110 Å². The molecule has 1 N–H and O–H groups in total. The summed E-state index contributed by atoms with van der Waals surface area (Å²) in [7, 11) is 0.